The minimum atomic E-state index is -0.367. The highest BCUT2D eigenvalue weighted by Crippen LogP contribution is 2.15. The third kappa shape index (κ3) is 3.97. The summed E-state index contributed by atoms with van der Waals surface area (Å²) in [6.07, 6.45) is 3.24. The first-order valence-corrected chi connectivity index (χ1v) is 8.31. The van der Waals surface area contributed by atoms with E-state index in [-0.39, 0.29) is 21.8 Å². The zero-order valence-electron chi connectivity index (χ0n) is 13.4. The summed E-state index contributed by atoms with van der Waals surface area (Å²) >= 11 is 3.42. The van der Waals surface area contributed by atoms with E-state index in [2.05, 4.69) is 25.9 Å². The molecule has 2 aromatic carbocycles. The van der Waals surface area contributed by atoms with Gasteiger partial charge in [0.15, 0.2) is 0 Å². The number of H-pyrrole nitrogens is 2. The third-order valence-corrected chi connectivity index (χ3v) is 4.34. The summed E-state index contributed by atoms with van der Waals surface area (Å²) in [7, 11) is 1.58. The van der Waals surface area contributed by atoms with E-state index in [1.807, 2.05) is 24.3 Å². The Bertz CT molecular complexity index is 1130. The topological polar surface area (TPSA) is 75.0 Å². The molecule has 6 heteroatoms. The monoisotopic (exact) mass is 398 g/mol. The van der Waals surface area contributed by atoms with Crippen molar-refractivity contribution in [3.63, 3.8) is 0 Å². The van der Waals surface area contributed by atoms with Gasteiger partial charge in [0, 0.05) is 4.47 Å². The zero-order chi connectivity index (χ0) is 17.8. The van der Waals surface area contributed by atoms with Crippen LogP contribution in [0.3, 0.4) is 0 Å². The number of aromatic amines is 2. The van der Waals surface area contributed by atoms with Crippen molar-refractivity contribution in [2.75, 3.05) is 7.11 Å². The van der Waals surface area contributed by atoms with Crippen molar-refractivity contribution in [1.82, 2.24) is 9.97 Å². The molecule has 0 aliphatic rings. The Labute approximate surface area is 151 Å². The molecular formula is C19H15BrN2O3. The van der Waals surface area contributed by atoms with E-state index in [1.165, 1.54) is 0 Å². The van der Waals surface area contributed by atoms with Crippen LogP contribution in [0, 0.1) is 0 Å². The molecule has 1 aromatic heterocycles. The SMILES string of the molecule is COc1ccc(/C=c2\[nH]c(=O)/c(=C/c3ccccc3Br)[nH]c2=O)cc1. The van der Waals surface area contributed by atoms with E-state index in [0.29, 0.717) is 0 Å². The van der Waals surface area contributed by atoms with Crippen molar-refractivity contribution < 1.29 is 4.74 Å². The highest BCUT2D eigenvalue weighted by atomic mass is 79.9. The fourth-order valence-corrected chi connectivity index (χ4v) is 2.71. The highest BCUT2D eigenvalue weighted by molar-refractivity contribution is 9.10. The van der Waals surface area contributed by atoms with Gasteiger partial charge in [-0.15, -0.1) is 0 Å². The van der Waals surface area contributed by atoms with Crippen molar-refractivity contribution in [3.05, 3.63) is 95.5 Å². The molecule has 1 heterocycles. The molecule has 0 saturated carbocycles. The minimum Gasteiger partial charge on any atom is -0.497 e. The van der Waals surface area contributed by atoms with Gasteiger partial charge in [0.25, 0.3) is 11.1 Å². The summed E-state index contributed by atoms with van der Waals surface area (Å²) in [5.74, 6) is 0.720. The molecule has 0 bridgehead atoms. The Morgan fingerprint density at radius 3 is 2.08 bits per heavy atom. The number of nitrogens with one attached hydrogen (secondary N) is 2. The molecule has 0 atom stereocenters. The minimum absolute atomic E-state index is 0.194. The Balaban J connectivity index is 2.09. The number of halogens is 1. The maximum absolute atomic E-state index is 12.3. The molecule has 126 valence electrons. The number of aromatic nitrogens is 2. The van der Waals surface area contributed by atoms with Crippen LogP contribution in [0.15, 0.2) is 62.6 Å². The average Bonchev–Trinajstić information content (AvgIpc) is 2.62. The molecule has 3 rings (SSSR count). The lowest BCUT2D eigenvalue weighted by molar-refractivity contribution is 0.415. The standard InChI is InChI=1S/C19H15BrN2O3/c1-25-14-8-6-12(7-9-14)10-16-18(23)22-17(19(24)21-16)11-13-4-2-3-5-15(13)20/h2-11H,1H3,(H,21,24)(H,22,23)/b16-10-,17-11-. The molecule has 0 aliphatic heterocycles. The van der Waals surface area contributed by atoms with Gasteiger partial charge in [-0.3, -0.25) is 9.59 Å². The summed E-state index contributed by atoms with van der Waals surface area (Å²) in [5, 5.41) is 0.392. The second kappa shape index (κ2) is 7.36. The van der Waals surface area contributed by atoms with Gasteiger partial charge in [0.05, 0.1) is 7.11 Å². The number of ether oxygens (including phenoxy) is 1. The van der Waals surface area contributed by atoms with E-state index < -0.39 is 0 Å². The summed E-state index contributed by atoms with van der Waals surface area (Å²) in [4.78, 5) is 29.8. The number of benzene rings is 2. The van der Waals surface area contributed by atoms with Gasteiger partial charge < -0.3 is 14.7 Å². The van der Waals surface area contributed by atoms with Gasteiger partial charge >= 0.3 is 0 Å². The van der Waals surface area contributed by atoms with Crippen molar-refractivity contribution in [1.29, 1.82) is 0 Å². The lowest BCUT2D eigenvalue weighted by atomic mass is 10.2. The van der Waals surface area contributed by atoms with Crippen molar-refractivity contribution in [3.8, 4) is 5.75 Å². The second-order valence-corrected chi connectivity index (χ2v) is 6.17. The van der Waals surface area contributed by atoms with Gasteiger partial charge in [-0.1, -0.05) is 46.3 Å². The number of rotatable bonds is 3. The maximum atomic E-state index is 12.3. The van der Waals surface area contributed by atoms with E-state index >= 15 is 0 Å². The fraction of sp³-hybridized carbons (Fsp3) is 0.0526. The van der Waals surface area contributed by atoms with Gasteiger partial charge in [-0.2, -0.15) is 0 Å². The first kappa shape index (κ1) is 17.0. The van der Waals surface area contributed by atoms with Crippen LogP contribution in [0.4, 0.5) is 0 Å². The Hall–Kier alpha value is -2.86. The van der Waals surface area contributed by atoms with Crippen LogP contribution in [0.1, 0.15) is 11.1 Å². The molecule has 0 saturated heterocycles. The van der Waals surface area contributed by atoms with E-state index in [1.54, 1.807) is 43.5 Å². The Kier molecular flexibility index (Phi) is 5.00. The normalized spacial score (nSPS) is 12.4. The molecule has 5 nitrogen and oxygen atoms in total. The van der Waals surface area contributed by atoms with Crippen LogP contribution in [0.25, 0.3) is 12.2 Å². The first-order valence-electron chi connectivity index (χ1n) is 7.51. The van der Waals surface area contributed by atoms with E-state index in [0.717, 1.165) is 21.3 Å². The average molecular weight is 399 g/mol. The lowest BCUT2D eigenvalue weighted by Gasteiger charge is -1.99. The molecule has 0 aliphatic carbocycles. The molecule has 0 fully saturated rings. The zero-order valence-corrected chi connectivity index (χ0v) is 15.0. The molecule has 3 aromatic rings. The van der Waals surface area contributed by atoms with Crippen molar-refractivity contribution in [2.24, 2.45) is 0 Å². The van der Waals surface area contributed by atoms with Crippen LogP contribution in [0.5, 0.6) is 5.75 Å². The Morgan fingerprint density at radius 2 is 1.48 bits per heavy atom. The molecule has 0 radical (unpaired) electrons. The third-order valence-electron chi connectivity index (χ3n) is 3.62. The summed E-state index contributed by atoms with van der Waals surface area (Å²) in [6, 6.07) is 14.6. The van der Waals surface area contributed by atoms with Crippen molar-refractivity contribution in [2.45, 2.75) is 0 Å². The maximum Gasteiger partial charge on any atom is 0.272 e. The molecular weight excluding hydrogens is 384 g/mol. The quantitative estimate of drug-likeness (QED) is 0.701. The number of methoxy groups -OCH3 is 1. The van der Waals surface area contributed by atoms with E-state index in [4.69, 9.17) is 4.74 Å². The largest absolute Gasteiger partial charge is 0.497 e. The molecule has 2 N–H and O–H groups in total. The lowest BCUT2D eigenvalue weighted by Crippen LogP contribution is -2.46. The summed E-state index contributed by atoms with van der Waals surface area (Å²) in [5.41, 5.74) is 0.851. The smallest absolute Gasteiger partial charge is 0.272 e. The van der Waals surface area contributed by atoms with Gasteiger partial charge in [-0.05, 0) is 41.5 Å². The van der Waals surface area contributed by atoms with Gasteiger partial charge in [0.2, 0.25) is 0 Å². The predicted molar refractivity (Wildman–Crippen MR) is 101 cm³/mol. The van der Waals surface area contributed by atoms with E-state index in [9.17, 15) is 9.59 Å². The predicted octanol–water partition coefficient (Wildman–Crippen LogP) is 1.49. The number of hydrogen-bond acceptors (Lipinski definition) is 3. The highest BCUT2D eigenvalue weighted by Gasteiger charge is 1.99. The molecule has 0 unspecified atom stereocenters. The van der Waals surface area contributed by atoms with Crippen LogP contribution in [-0.2, 0) is 0 Å². The van der Waals surface area contributed by atoms with Gasteiger partial charge in [-0.25, -0.2) is 0 Å². The van der Waals surface area contributed by atoms with Crippen LogP contribution < -0.4 is 26.6 Å². The molecule has 0 amide bonds. The first-order chi connectivity index (χ1) is 12.1. The summed E-state index contributed by atoms with van der Waals surface area (Å²) in [6.45, 7) is 0. The summed E-state index contributed by atoms with van der Waals surface area (Å²) < 4.78 is 5.93. The van der Waals surface area contributed by atoms with Crippen molar-refractivity contribution >= 4 is 28.1 Å². The Morgan fingerprint density at radius 1 is 0.880 bits per heavy atom. The van der Waals surface area contributed by atoms with Gasteiger partial charge in [0.1, 0.15) is 16.4 Å². The van der Waals surface area contributed by atoms with Crippen LogP contribution >= 0.6 is 15.9 Å². The fourth-order valence-electron chi connectivity index (χ4n) is 2.31. The second-order valence-electron chi connectivity index (χ2n) is 5.32. The van der Waals surface area contributed by atoms with Crippen LogP contribution in [-0.4, -0.2) is 17.1 Å². The molecule has 0 spiro atoms. The molecule has 25 heavy (non-hydrogen) atoms. The number of hydrogen-bond donors (Lipinski definition) is 2. The van der Waals surface area contributed by atoms with Crippen LogP contribution in [0.2, 0.25) is 0 Å².